The molecule has 0 unspecified atom stereocenters. The monoisotopic (exact) mass is 356 g/mol. The number of anilines is 1. The van der Waals surface area contributed by atoms with E-state index >= 15 is 0 Å². The molecule has 1 saturated heterocycles. The summed E-state index contributed by atoms with van der Waals surface area (Å²) in [5.74, 6) is -1.77. The summed E-state index contributed by atoms with van der Waals surface area (Å²) < 4.78 is 19.1. The Morgan fingerprint density at radius 1 is 1.27 bits per heavy atom. The zero-order valence-corrected chi connectivity index (χ0v) is 15.0. The van der Waals surface area contributed by atoms with E-state index < -0.39 is 17.6 Å². The molecule has 2 aromatic carbocycles. The lowest BCUT2D eigenvalue weighted by Gasteiger charge is -2.19. The fraction of sp³-hybridized carbons (Fsp3) is 0.300. The van der Waals surface area contributed by atoms with Crippen molar-refractivity contribution >= 4 is 17.5 Å². The second-order valence-corrected chi connectivity index (χ2v) is 6.49. The molecule has 0 saturated carbocycles. The molecule has 5 nitrogen and oxygen atoms in total. The lowest BCUT2D eigenvalue weighted by atomic mass is 9.85. The van der Waals surface area contributed by atoms with E-state index in [9.17, 15) is 14.0 Å². The molecule has 2 aromatic rings. The van der Waals surface area contributed by atoms with Crippen molar-refractivity contribution in [1.82, 2.24) is 4.90 Å². The Labute approximate surface area is 151 Å². The number of hydrogen-bond acceptors (Lipinski definition) is 3. The molecule has 0 bridgehead atoms. The number of benzene rings is 2. The summed E-state index contributed by atoms with van der Waals surface area (Å²) in [5.41, 5.74) is 1.93. The molecule has 3 rings (SSSR count). The molecular formula is C20H21FN2O3. The first-order valence-corrected chi connectivity index (χ1v) is 8.37. The first-order valence-electron chi connectivity index (χ1n) is 8.37. The molecule has 1 fully saturated rings. The zero-order valence-electron chi connectivity index (χ0n) is 15.0. The first-order chi connectivity index (χ1) is 12.4. The van der Waals surface area contributed by atoms with Crippen LogP contribution in [0.15, 0.2) is 42.5 Å². The number of ether oxygens (including phenoxy) is 1. The molecule has 0 spiro atoms. The van der Waals surface area contributed by atoms with E-state index in [0.717, 1.165) is 16.9 Å². The van der Waals surface area contributed by atoms with Gasteiger partial charge in [-0.2, -0.15) is 0 Å². The minimum absolute atomic E-state index is 0.0741. The van der Waals surface area contributed by atoms with Gasteiger partial charge < -0.3 is 15.0 Å². The number of methoxy groups -OCH3 is 1. The van der Waals surface area contributed by atoms with Crippen molar-refractivity contribution < 1.29 is 18.7 Å². The van der Waals surface area contributed by atoms with Crippen molar-refractivity contribution in [3.8, 4) is 5.75 Å². The zero-order chi connectivity index (χ0) is 18.8. The van der Waals surface area contributed by atoms with Crippen molar-refractivity contribution in [2.45, 2.75) is 12.8 Å². The van der Waals surface area contributed by atoms with Crippen molar-refractivity contribution in [2.24, 2.45) is 5.92 Å². The SMILES string of the molecule is COc1ccc([C@H]2CN(C)C(=O)[C@@H]2C(=O)Nc2ccccc2F)c(C)c1. The average Bonchev–Trinajstić information content (AvgIpc) is 2.91. The van der Waals surface area contributed by atoms with Gasteiger partial charge in [0.25, 0.3) is 0 Å². The number of amides is 2. The van der Waals surface area contributed by atoms with Gasteiger partial charge >= 0.3 is 0 Å². The summed E-state index contributed by atoms with van der Waals surface area (Å²) in [5, 5.41) is 2.56. The van der Waals surface area contributed by atoms with Crippen molar-refractivity contribution in [2.75, 3.05) is 26.0 Å². The Kier molecular flexibility index (Phi) is 4.93. The molecule has 0 aromatic heterocycles. The van der Waals surface area contributed by atoms with Gasteiger partial charge in [0, 0.05) is 19.5 Å². The van der Waals surface area contributed by atoms with E-state index in [1.165, 1.54) is 12.1 Å². The standard InChI is InChI=1S/C20H21FN2O3/c1-12-10-13(26-3)8-9-14(12)15-11-23(2)20(25)18(15)19(24)22-17-7-5-4-6-16(17)21/h4-10,15,18H,11H2,1-3H3,(H,22,24)/t15-,18+/m1/s1. The topological polar surface area (TPSA) is 58.6 Å². The molecule has 1 N–H and O–H groups in total. The molecular weight excluding hydrogens is 335 g/mol. The number of halogens is 1. The molecule has 1 heterocycles. The van der Waals surface area contributed by atoms with Crippen LogP contribution >= 0.6 is 0 Å². The van der Waals surface area contributed by atoms with Crippen LogP contribution in [0.1, 0.15) is 17.0 Å². The molecule has 1 aliphatic rings. The molecule has 1 aliphatic heterocycles. The van der Waals surface area contributed by atoms with Gasteiger partial charge in [0.05, 0.1) is 12.8 Å². The quantitative estimate of drug-likeness (QED) is 0.857. The molecule has 6 heteroatoms. The molecule has 0 aliphatic carbocycles. The van der Waals surface area contributed by atoms with Crippen LogP contribution in [0.25, 0.3) is 0 Å². The molecule has 136 valence electrons. The third-order valence-electron chi connectivity index (χ3n) is 4.81. The molecule has 2 amide bonds. The van der Waals surface area contributed by atoms with E-state index in [1.807, 2.05) is 25.1 Å². The Balaban J connectivity index is 1.91. The maximum Gasteiger partial charge on any atom is 0.237 e. The van der Waals surface area contributed by atoms with Crippen molar-refractivity contribution in [3.63, 3.8) is 0 Å². The Bertz CT molecular complexity index is 853. The van der Waals surface area contributed by atoms with Crippen molar-refractivity contribution in [3.05, 3.63) is 59.4 Å². The summed E-state index contributed by atoms with van der Waals surface area (Å²) in [7, 11) is 3.26. The van der Waals surface area contributed by atoms with Crippen LogP contribution in [0.5, 0.6) is 5.75 Å². The Hall–Kier alpha value is -2.89. The third kappa shape index (κ3) is 3.27. The molecule has 0 radical (unpaired) electrons. The second kappa shape index (κ2) is 7.15. The minimum Gasteiger partial charge on any atom is -0.497 e. The van der Waals surface area contributed by atoms with Gasteiger partial charge in [-0.15, -0.1) is 0 Å². The van der Waals surface area contributed by atoms with Crippen LogP contribution in [0, 0.1) is 18.7 Å². The highest BCUT2D eigenvalue weighted by atomic mass is 19.1. The third-order valence-corrected chi connectivity index (χ3v) is 4.81. The van der Waals surface area contributed by atoms with Gasteiger partial charge in [-0.25, -0.2) is 4.39 Å². The maximum absolute atomic E-state index is 13.9. The number of nitrogens with zero attached hydrogens (tertiary/aromatic N) is 1. The summed E-state index contributed by atoms with van der Waals surface area (Å²) in [6.07, 6.45) is 0. The van der Waals surface area contributed by atoms with Crippen LogP contribution in [-0.2, 0) is 9.59 Å². The lowest BCUT2D eigenvalue weighted by Crippen LogP contribution is -2.33. The van der Waals surface area contributed by atoms with E-state index in [2.05, 4.69) is 5.32 Å². The highest BCUT2D eigenvalue weighted by Gasteiger charge is 2.44. The van der Waals surface area contributed by atoms with Crippen LogP contribution in [0.4, 0.5) is 10.1 Å². The lowest BCUT2D eigenvalue weighted by molar-refractivity contribution is -0.135. The Morgan fingerprint density at radius 2 is 2.00 bits per heavy atom. The van der Waals surface area contributed by atoms with E-state index in [-0.39, 0.29) is 17.5 Å². The van der Waals surface area contributed by atoms with E-state index in [4.69, 9.17) is 4.74 Å². The summed E-state index contributed by atoms with van der Waals surface area (Å²) in [4.78, 5) is 26.9. The number of para-hydroxylation sites is 1. The maximum atomic E-state index is 13.9. The van der Waals surface area contributed by atoms with Crippen molar-refractivity contribution in [1.29, 1.82) is 0 Å². The number of carbonyl (C=O) groups excluding carboxylic acids is 2. The van der Waals surface area contributed by atoms with E-state index in [0.29, 0.717) is 6.54 Å². The van der Waals surface area contributed by atoms with Gasteiger partial charge in [0.15, 0.2) is 0 Å². The number of aryl methyl sites for hydroxylation is 1. The minimum atomic E-state index is -0.897. The predicted octanol–water partition coefficient (Wildman–Crippen LogP) is 2.95. The van der Waals surface area contributed by atoms with Crippen LogP contribution in [-0.4, -0.2) is 37.4 Å². The van der Waals surface area contributed by atoms with Gasteiger partial charge in [-0.05, 0) is 42.3 Å². The predicted molar refractivity (Wildman–Crippen MR) is 96.6 cm³/mol. The van der Waals surface area contributed by atoms with Crippen LogP contribution < -0.4 is 10.1 Å². The number of nitrogens with one attached hydrogen (secondary N) is 1. The van der Waals surface area contributed by atoms with E-state index in [1.54, 1.807) is 31.2 Å². The van der Waals surface area contributed by atoms with Gasteiger partial charge in [0.1, 0.15) is 17.5 Å². The highest BCUT2D eigenvalue weighted by molar-refractivity contribution is 6.08. The fourth-order valence-electron chi connectivity index (χ4n) is 3.44. The van der Waals surface area contributed by atoms with Crippen LogP contribution in [0.3, 0.4) is 0 Å². The van der Waals surface area contributed by atoms with Gasteiger partial charge in [0.2, 0.25) is 11.8 Å². The molecule has 2 atom stereocenters. The summed E-state index contributed by atoms with van der Waals surface area (Å²) in [6, 6.07) is 11.5. The summed E-state index contributed by atoms with van der Waals surface area (Å²) >= 11 is 0. The highest BCUT2D eigenvalue weighted by Crippen LogP contribution is 2.36. The smallest absolute Gasteiger partial charge is 0.237 e. The Morgan fingerprint density at radius 3 is 2.65 bits per heavy atom. The number of carbonyl (C=O) groups is 2. The second-order valence-electron chi connectivity index (χ2n) is 6.49. The summed E-state index contributed by atoms with van der Waals surface area (Å²) in [6.45, 7) is 2.35. The van der Waals surface area contributed by atoms with Gasteiger partial charge in [-0.3, -0.25) is 9.59 Å². The van der Waals surface area contributed by atoms with Crippen LogP contribution in [0.2, 0.25) is 0 Å². The number of likely N-dealkylation sites (N-methyl/N-ethyl adjacent to an activating group) is 1. The largest absolute Gasteiger partial charge is 0.497 e. The number of likely N-dealkylation sites (tertiary alicyclic amines) is 1. The fourth-order valence-corrected chi connectivity index (χ4v) is 3.44. The molecule has 26 heavy (non-hydrogen) atoms. The number of hydrogen-bond donors (Lipinski definition) is 1. The first kappa shape index (κ1) is 17.9. The number of rotatable bonds is 4. The normalized spacial score (nSPS) is 19.5. The average molecular weight is 356 g/mol. The van der Waals surface area contributed by atoms with Gasteiger partial charge in [-0.1, -0.05) is 18.2 Å².